The van der Waals surface area contributed by atoms with Crippen LogP contribution in [0.3, 0.4) is 0 Å². The van der Waals surface area contributed by atoms with Gasteiger partial charge in [-0.3, -0.25) is 4.79 Å². The van der Waals surface area contributed by atoms with Crippen LogP contribution in [0.1, 0.15) is 17.4 Å². The second-order valence-electron chi connectivity index (χ2n) is 4.07. The largest absolute Gasteiger partial charge is 0.479 e. The standard InChI is InChI=1S/C13H12Cl2N2O2/c1-8-5-6-17(16-8)13(18)9(2)19-12-4-3-10(14)7-11(12)15/h3-7,9H,1-2H3/t9-/m0/s1. The Labute approximate surface area is 120 Å². The highest BCUT2D eigenvalue weighted by atomic mass is 35.5. The molecule has 1 atom stereocenters. The van der Waals surface area contributed by atoms with Gasteiger partial charge in [0, 0.05) is 11.2 Å². The Morgan fingerprint density at radius 1 is 1.37 bits per heavy atom. The second kappa shape index (κ2) is 5.63. The summed E-state index contributed by atoms with van der Waals surface area (Å²) in [5.41, 5.74) is 0.769. The van der Waals surface area contributed by atoms with Crippen molar-refractivity contribution in [1.29, 1.82) is 0 Å². The van der Waals surface area contributed by atoms with Crippen LogP contribution in [0.25, 0.3) is 0 Å². The van der Waals surface area contributed by atoms with Gasteiger partial charge < -0.3 is 4.74 Å². The first kappa shape index (κ1) is 13.9. The number of nitrogens with zero attached hydrogens (tertiary/aromatic N) is 2. The Balaban J connectivity index is 2.12. The highest BCUT2D eigenvalue weighted by Gasteiger charge is 2.18. The fourth-order valence-corrected chi connectivity index (χ4v) is 1.99. The van der Waals surface area contributed by atoms with Crippen molar-refractivity contribution in [2.45, 2.75) is 20.0 Å². The third kappa shape index (κ3) is 3.28. The maximum atomic E-state index is 12.0. The molecule has 0 spiro atoms. The molecule has 0 amide bonds. The van der Waals surface area contributed by atoms with E-state index in [0.717, 1.165) is 5.69 Å². The normalized spacial score (nSPS) is 12.2. The molecule has 0 saturated heterocycles. The number of hydrogen-bond acceptors (Lipinski definition) is 3. The number of ether oxygens (including phenoxy) is 1. The van der Waals surface area contributed by atoms with Crippen LogP contribution in [0.15, 0.2) is 30.5 Å². The van der Waals surface area contributed by atoms with Gasteiger partial charge in [0.15, 0.2) is 6.10 Å². The molecule has 0 saturated carbocycles. The molecule has 0 radical (unpaired) electrons. The smallest absolute Gasteiger partial charge is 0.287 e. The van der Waals surface area contributed by atoms with Gasteiger partial charge >= 0.3 is 0 Å². The van der Waals surface area contributed by atoms with Crippen molar-refractivity contribution in [3.63, 3.8) is 0 Å². The topological polar surface area (TPSA) is 44.1 Å². The molecule has 0 unspecified atom stereocenters. The highest BCUT2D eigenvalue weighted by Crippen LogP contribution is 2.28. The average Bonchev–Trinajstić information content (AvgIpc) is 2.78. The summed E-state index contributed by atoms with van der Waals surface area (Å²) in [6, 6.07) is 6.59. The van der Waals surface area contributed by atoms with E-state index in [1.807, 2.05) is 6.92 Å². The van der Waals surface area contributed by atoms with Gasteiger partial charge in [-0.15, -0.1) is 0 Å². The number of hydrogen-bond donors (Lipinski definition) is 0. The lowest BCUT2D eigenvalue weighted by molar-refractivity contribution is 0.0710. The molecule has 0 fully saturated rings. The van der Waals surface area contributed by atoms with Gasteiger partial charge in [0.2, 0.25) is 0 Å². The molecule has 2 rings (SSSR count). The van der Waals surface area contributed by atoms with Crippen molar-refractivity contribution >= 4 is 29.1 Å². The van der Waals surface area contributed by atoms with Crippen molar-refractivity contribution in [3.8, 4) is 5.75 Å². The summed E-state index contributed by atoms with van der Waals surface area (Å²) in [6.07, 6.45) is 0.902. The summed E-state index contributed by atoms with van der Waals surface area (Å²) in [6.45, 7) is 3.45. The summed E-state index contributed by atoms with van der Waals surface area (Å²) in [5, 5.41) is 4.92. The quantitative estimate of drug-likeness (QED) is 0.869. The van der Waals surface area contributed by atoms with Crippen LogP contribution in [-0.2, 0) is 0 Å². The van der Waals surface area contributed by atoms with E-state index < -0.39 is 6.10 Å². The van der Waals surface area contributed by atoms with Gasteiger partial charge in [0.25, 0.3) is 5.91 Å². The first-order valence-corrected chi connectivity index (χ1v) is 6.41. The van der Waals surface area contributed by atoms with Gasteiger partial charge in [-0.05, 0) is 38.1 Å². The molecule has 1 aromatic carbocycles. The molecule has 100 valence electrons. The van der Waals surface area contributed by atoms with Crippen molar-refractivity contribution in [3.05, 3.63) is 46.2 Å². The molecule has 1 aromatic heterocycles. The van der Waals surface area contributed by atoms with Crippen LogP contribution in [-0.4, -0.2) is 21.8 Å². The number of halogens is 2. The third-order valence-corrected chi connectivity index (χ3v) is 3.02. The molecular weight excluding hydrogens is 287 g/mol. The zero-order valence-electron chi connectivity index (χ0n) is 10.4. The Morgan fingerprint density at radius 2 is 2.11 bits per heavy atom. The van der Waals surface area contributed by atoms with Crippen LogP contribution < -0.4 is 4.74 Å². The molecule has 0 aliphatic rings. The SMILES string of the molecule is Cc1ccn(C(=O)[C@H](C)Oc2ccc(Cl)cc2Cl)n1. The molecule has 1 heterocycles. The molecule has 6 heteroatoms. The predicted octanol–water partition coefficient (Wildman–Crippen LogP) is 3.61. The van der Waals surface area contributed by atoms with Crippen molar-refractivity contribution < 1.29 is 9.53 Å². The Kier molecular flexibility index (Phi) is 4.12. The molecule has 4 nitrogen and oxygen atoms in total. The van der Waals surface area contributed by atoms with E-state index >= 15 is 0 Å². The molecule has 0 bridgehead atoms. The number of aryl methyl sites for hydroxylation is 1. The molecule has 0 aliphatic carbocycles. The number of carbonyl (C=O) groups excluding carboxylic acids is 1. The number of rotatable bonds is 3. The third-order valence-electron chi connectivity index (χ3n) is 2.49. The van der Waals surface area contributed by atoms with Gasteiger partial charge in [0.05, 0.1) is 10.7 Å². The predicted molar refractivity (Wildman–Crippen MR) is 74.1 cm³/mol. The first-order chi connectivity index (χ1) is 8.97. The van der Waals surface area contributed by atoms with E-state index in [4.69, 9.17) is 27.9 Å². The summed E-state index contributed by atoms with van der Waals surface area (Å²) in [7, 11) is 0. The Bertz CT molecular complexity index is 610. The zero-order chi connectivity index (χ0) is 14.0. The molecular formula is C13H12Cl2N2O2. The first-order valence-electron chi connectivity index (χ1n) is 5.65. The number of benzene rings is 1. The van der Waals surface area contributed by atoms with Crippen LogP contribution in [0.2, 0.25) is 10.0 Å². The molecule has 2 aromatic rings. The molecule has 19 heavy (non-hydrogen) atoms. The Morgan fingerprint density at radius 3 is 2.68 bits per heavy atom. The maximum absolute atomic E-state index is 12.0. The van der Waals surface area contributed by atoms with E-state index in [2.05, 4.69) is 5.10 Å². The summed E-state index contributed by atoms with van der Waals surface area (Å²) < 4.78 is 6.78. The van der Waals surface area contributed by atoms with Gasteiger partial charge in [0.1, 0.15) is 5.75 Å². The van der Waals surface area contributed by atoms with E-state index in [1.165, 1.54) is 4.68 Å². The van der Waals surface area contributed by atoms with Crippen molar-refractivity contribution in [2.75, 3.05) is 0 Å². The molecule has 0 aliphatic heterocycles. The summed E-state index contributed by atoms with van der Waals surface area (Å²) in [5.74, 6) is 0.148. The van der Waals surface area contributed by atoms with Crippen LogP contribution >= 0.6 is 23.2 Å². The fourth-order valence-electron chi connectivity index (χ4n) is 1.54. The monoisotopic (exact) mass is 298 g/mol. The minimum absolute atomic E-state index is 0.265. The number of carbonyl (C=O) groups is 1. The van der Waals surface area contributed by atoms with Gasteiger partial charge in [-0.25, -0.2) is 4.68 Å². The minimum Gasteiger partial charge on any atom is -0.479 e. The van der Waals surface area contributed by atoms with Gasteiger partial charge in [-0.2, -0.15) is 5.10 Å². The lowest BCUT2D eigenvalue weighted by Crippen LogP contribution is -2.29. The highest BCUT2D eigenvalue weighted by molar-refractivity contribution is 6.35. The van der Waals surface area contributed by atoms with E-state index in [1.54, 1.807) is 37.4 Å². The lowest BCUT2D eigenvalue weighted by atomic mass is 10.3. The van der Waals surface area contributed by atoms with Crippen LogP contribution in [0.4, 0.5) is 0 Å². The summed E-state index contributed by atoms with van der Waals surface area (Å²) in [4.78, 5) is 12.0. The number of aromatic nitrogens is 2. The molecule has 0 N–H and O–H groups in total. The van der Waals surface area contributed by atoms with E-state index in [0.29, 0.717) is 15.8 Å². The maximum Gasteiger partial charge on any atom is 0.287 e. The van der Waals surface area contributed by atoms with Crippen molar-refractivity contribution in [1.82, 2.24) is 9.78 Å². The second-order valence-corrected chi connectivity index (χ2v) is 4.92. The van der Waals surface area contributed by atoms with Crippen molar-refractivity contribution in [2.24, 2.45) is 0 Å². The zero-order valence-corrected chi connectivity index (χ0v) is 11.9. The Hall–Kier alpha value is -1.52. The lowest BCUT2D eigenvalue weighted by Gasteiger charge is -2.14. The van der Waals surface area contributed by atoms with Gasteiger partial charge in [-0.1, -0.05) is 23.2 Å². The average molecular weight is 299 g/mol. The van der Waals surface area contributed by atoms with Crippen LogP contribution in [0, 0.1) is 6.92 Å². The minimum atomic E-state index is -0.696. The van der Waals surface area contributed by atoms with E-state index in [-0.39, 0.29) is 5.91 Å². The van der Waals surface area contributed by atoms with E-state index in [9.17, 15) is 4.79 Å². The fraction of sp³-hybridized carbons (Fsp3) is 0.231. The summed E-state index contributed by atoms with van der Waals surface area (Å²) >= 11 is 11.8. The van der Waals surface area contributed by atoms with Crippen LogP contribution in [0.5, 0.6) is 5.75 Å².